The van der Waals surface area contributed by atoms with Crippen LogP contribution in [-0.4, -0.2) is 50.9 Å². The van der Waals surface area contributed by atoms with E-state index in [1.165, 1.54) is 34.6 Å². The quantitative estimate of drug-likeness (QED) is 0.555. The Balaban J connectivity index is 1.66. The second kappa shape index (κ2) is 11.4. The molecule has 0 atom stereocenters. The van der Waals surface area contributed by atoms with Crippen molar-refractivity contribution in [2.24, 2.45) is 0 Å². The summed E-state index contributed by atoms with van der Waals surface area (Å²) in [5, 5.41) is 2.50. The number of para-hydroxylation sites is 1. The number of carbonyl (C=O) groups excluding carboxylic acids is 2. The molecule has 1 heterocycles. The Bertz CT molecular complexity index is 1130. The summed E-state index contributed by atoms with van der Waals surface area (Å²) < 4.78 is 62.0. The fourth-order valence-corrected chi connectivity index (χ4v) is 5.38. The molecule has 0 aromatic heterocycles. The first-order chi connectivity index (χ1) is 16.2. The lowest BCUT2D eigenvalue weighted by atomic mass is 10.2. The molecule has 2 aromatic carbocycles. The van der Waals surface area contributed by atoms with Crippen molar-refractivity contribution in [2.75, 3.05) is 25.0 Å². The average molecular weight is 497 g/mol. The monoisotopic (exact) mass is 496 g/mol. The van der Waals surface area contributed by atoms with Gasteiger partial charge in [0.2, 0.25) is 10.0 Å². The number of aryl methyl sites for hydroxylation is 1. The summed E-state index contributed by atoms with van der Waals surface area (Å²) in [5.74, 6) is -2.10. The molecule has 2 aromatic rings. The molecule has 3 rings (SSSR count). The number of alkyl halides is 2. The summed E-state index contributed by atoms with van der Waals surface area (Å²) in [6.07, 6.45) is 3.56. The Morgan fingerprint density at radius 2 is 1.74 bits per heavy atom. The number of hydrogen-bond donors (Lipinski definition) is 1. The third-order valence-corrected chi connectivity index (χ3v) is 7.35. The van der Waals surface area contributed by atoms with Crippen molar-refractivity contribution in [2.45, 2.75) is 44.1 Å². The number of amides is 1. The van der Waals surface area contributed by atoms with Gasteiger partial charge in [0.05, 0.1) is 4.90 Å². The molecule has 1 saturated heterocycles. The zero-order chi connectivity index (χ0) is 24.7. The number of nitrogens with zero attached hydrogens (tertiary/aromatic N) is 1. The highest BCUT2D eigenvalue weighted by molar-refractivity contribution is 7.89. The maximum atomic E-state index is 13.2. The van der Waals surface area contributed by atoms with Crippen LogP contribution in [0, 0.1) is 6.92 Å². The van der Waals surface area contributed by atoms with E-state index < -0.39 is 35.1 Å². The smallest absolute Gasteiger partial charge is 0.387 e. The molecule has 0 saturated carbocycles. The van der Waals surface area contributed by atoms with Gasteiger partial charge < -0.3 is 14.8 Å². The number of carbonyl (C=O) groups is 2. The molecule has 1 amide bonds. The Morgan fingerprint density at radius 1 is 1.06 bits per heavy atom. The van der Waals surface area contributed by atoms with Crippen molar-refractivity contribution in [1.82, 2.24) is 4.31 Å². The van der Waals surface area contributed by atoms with Crippen LogP contribution in [0.2, 0.25) is 0 Å². The Kier molecular flexibility index (Phi) is 8.56. The van der Waals surface area contributed by atoms with Gasteiger partial charge in [-0.2, -0.15) is 13.1 Å². The van der Waals surface area contributed by atoms with Gasteiger partial charge in [0.15, 0.2) is 6.61 Å². The lowest BCUT2D eigenvalue weighted by Gasteiger charge is -2.21. The highest BCUT2D eigenvalue weighted by Crippen LogP contribution is 2.26. The van der Waals surface area contributed by atoms with Crippen LogP contribution in [0.5, 0.6) is 5.75 Å². The van der Waals surface area contributed by atoms with Crippen molar-refractivity contribution in [3.8, 4) is 5.75 Å². The van der Waals surface area contributed by atoms with Gasteiger partial charge in [-0.05, 0) is 49.6 Å². The number of benzene rings is 2. The normalized spacial score (nSPS) is 14.9. The van der Waals surface area contributed by atoms with Gasteiger partial charge in [-0.15, -0.1) is 0 Å². The van der Waals surface area contributed by atoms with Crippen LogP contribution in [0.4, 0.5) is 14.5 Å². The molecule has 8 nitrogen and oxygen atoms in total. The average Bonchev–Trinajstić information content (AvgIpc) is 3.09. The second-order valence-corrected chi connectivity index (χ2v) is 9.70. The molecule has 0 spiro atoms. The first-order valence-electron chi connectivity index (χ1n) is 10.8. The third kappa shape index (κ3) is 6.51. The first-order valence-corrected chi connectivity index (χ1v) is 12.2. The molecule has 1 fully saturated rings. The fraction of sp³-hybridized carbons (Fsp3) is 0.391. The molecule has 184 valence electrons. The summed E-state index contributed by atoms with van der Waals surface area (Å²) in [5.41, 5.74) is 0.516. The third-order valence-electron chi connectivity index (χ3n) is 5.31. The number of sulfonamides is 1. The topological polar surface area (TPSA) is 102 Å². The zero-order valence-corrected chi connectivity index (χ0v) is 19.4. The van der Waals surface area contributed by atoms with Crippen LogP contribution >= 0.6 is 0 Å². The maximum Gasteiger partial charge on any atom is 0.387 e. The van der Waals surface area contributed by atoms with Crippen LogP contribution < -0.4 is 10.1 Å². The van der Waals surface area contributed by atoms with Crippen molar-refractivity contribution in [1.29, 1.82) is 0 Å². The van der Waals surface area contributed by atoms with Crippen LogP contribution in [0.25, 0.3) is 0 Å². The molecule has 34 heavy (non-hydrogen) atoms. The molecular weight excluding hydrogens is 470 g/mol. The van der Waals surface area contributed by atoms with E-state index in [9.17, 15) is 26.8 Å². The van der Waals surface area contributed by atoms with E-state index in [4.69, 9.17) is 4.74 Å². The van der Waals surface area contributed by atoms with Crippen molar-refractivity contribution < 1.29 is 36.3 Å². The van der Waals surface area contributed by atoms with Crippen molar-refractivity contribution >= 4 is 27.6 Å². The predicted octanol–water partition coefficient (Wildman–Crippen LogP) is 3.96. The molecule has 0 bridgehead atoms. The molecule has 0 radical (unpaired) electrons. The molecule has 1 aliphatic rings. The zero-order valence-electron chi connectivity index (χ0n) is 18.6. The van der Waals surface area contributed by atoms with Gasteiger partial charge in [0, 0.05) is 18.8 Å². The number of hydrogen-bond acceptors (Lipinski definition) is 6. The van der Waals surface area contributed by atoms with Crippen LogP contribution in [0.1, 0.15) is 41.6 Å². The van der Waals surface area contributed by atoms with Crippen LogP contribution in [-0.2, 0) is 19.6 Å². The number of anilines is 1. The number of nitrogens with one attached hydrogen (secondary N) is 1. The minimum absolute atomic E-state index is 0.0993. The van der Waals surface area contributed by atoms with Gasteiger partial charge in [-0.1, -0.05) is 31.0 Å². The number of ether oxygens (including phenoxy) is 2. The molecular formula is C23H26F2N2O6S. The van der Waals surface area contributed by atoms with E-state index in [1.807, 2.05) is 0 Å². The summed E-state index contributed by atoms with van der Waals surface area (Å²) in [6, 6.07) is 9.77. The minimum Gasteiger partial charge on any atom is -0.452 e. The molecule has 0 aliphatic carbocycles. The van der Waals surface area contributed by atoms with Gasteiger partial charge in [-0.3, -0.25) is 4.79 Å². The molecule has 1 N–H and O–H groups in total. The summed E-state index contributed by atoms with van der Waals surface area (Å²) in [4.78, 5) is 24.6. The molecule has 11 heteroatoms. The van der Waals surface area contributed by atoms with E-state index in [0.29, 0.717) is 18.7 Å². The van der Waals surface area contributed by atoms with E-state index in [-0.39, 0.29) is 21.9 Å². The number of esters is 1. The van der Waals surface area contributed by atoms with Gasteiger partial charge in [0.1, 0.15) is 11.3 Å². The Hall–Kier alpha value is -3.05. The van der Waals surface area contributed by atoms with Crippen molar-refractivity contribution in [3.63, 3.8) is 0 Å². The minimum atomic E-state index is -3.73. The first kappa shape index (κ1) is 25.6. The van der Waals surface area contributed by atoms with Gasteiger partial charge >= 0.3 is 12.6 Å². The van der Waals surface area contributed by atoms with Crippen molar-refractivity contribution in [3.05, 3.63) is 53.6 Å². The highest BCUT2D eigenvalue weighted by Gasteiger charge is 2.27. The van der Waals surface area contributed by atoms with E-state index in [1.54, 1.807) is 19.1 Å². The fourth-order valence-electron chi connectivity index (χ4n) is 3.62. The van der Waals surface area contributed by atoms with E-state index in [2.05, 4.69) is 10.1 Å². The molecule has 1 aliphatic heterocycles. The summed E-state index contributed by atoms with van der Waals surface area (Å²) >= 11 is 0. The lowest BCUT2D eigenvalue weighted by Crippen LogP contribution is -2.32. The largest absolute Gasteiger partial charge is 0.452 e. The highest BCUT2D eigenvalue weighted by atomic mass is 32.2. The van der Waals surface area contributed by atoms with Gasteiger partial charge in [-0.25, -0.2) is 13.2 Å². The number of rotatable bonds is 8. The number of halogens is 2. The van der Waals surface area contributed by atoms with Gasteiger partial charge in [0.25, 0.3) is 5.91 Å². The van der Waals surface area contributed by atoms with E-state index in [0.717, 1.165) is 25.7 Å². The standard InChI is InChI=1S/C23H26F2N2O6S/c1-16-10-11-17(14-20(16)34(30,31)27-12-6-2-3-7-13-27)26-21(28)15-32-22(29)18-8-4-5-9-19(18)33-23(24)25/h4-5,8-11,14,23H,2-3,6-7,12-13,15H2,1H3,(H,26,28). The Labute approximate surface area is 196 Å². The Morgan fingerprint density at radius 3 is 2.41 bits per heavy atom. The second-order valence-electron chi connectivity index (χ2n) is 7.80. The summed E-state index contributed by atoms with van der Waals surface area (Å²) in [7, 11) is -3.73. The van der Waals surface area contributed by atoms with Crippen LogP contribution in [0.3, 0.4) is 0 Å². The lowest BCUT2D eigenvalue weighted by molar-refractivity contribution is -0.119. The summed E-state index contributed by atoms with van der Waals surface area (Å²) in [6.45, 7) is -1.25. The maximum absolute atomic E-state index is 13.2. The van der Waals surface area contributed by atoms with E-state index >= 15 is 0 Å². The molecule has 0 unspecified atom stereocenters. The predicted molar refractivity (Wildman–Crippen MR) is 120 cm³/mol. The SMILES string of the molecule is Cc1ccc(NC(=O)COC(=O)c2ccccc2OC(F)F)cc1S(=O)(=O)N1CCCCCC1. The van der Waals surface area contributed by atoms with Crippen LogP contribution in [0.15, 0.2) is 47.4 Å².